The largest absolute Gasteiger partial charge is 0.498 e. The predicted molar refractivity (Wildman–Crippen MR) is 90.9 cm³/mol. The fraction of sp³-hybridized carbons (Fsp3) is 0.267. The molecule has 1 aliphatic rings. The summed E-state index contributed by atoms with van der Waals surface area (Å²) in [6.07, 6.45) is 1.32. The molecule has 0 aliphatic heterocycles. The van der Waals surface area contributed by atoms with Gasteiger partial charge < -0.3 is 9.47 Å². The highest BCUT2D eigenvalue weighted by Crippen LogP contribution is 2.39. The molecule has 0 unspecified atom stereocenters. The Morgan fingerprint density at radius 1 is 1.00 bits per heavy atom. The maximum Gasteiger partial charge on any atom is 0.299 e. The first-order valence-corrected chi connectivity index (χ1v) is 9.95. The Labute approximate surface area is 150 Å². The van der Waals surface area contributed by atoms with Crippen LogP contribution in [0.2, 0.25) is 0 Å². The molecule has 0 atom stereocenters. The molecule has 0 aromatic heterocycles. The van der Waals surface area contributed by atoms with Gasteiger partial charge in [0.1, 0.15) is 11.5 Å². The Morgan fingerprint density at radius 2 is 1.54 bits per heavy atom. The highest BCUT2D eigenvalue weighted by Gasteiger charge is 2.59. The van der Waals surface area contributed by atoms with Crippen LogP contribution in [0, 0.1) is 0 Å². The first-order chi connectivity index (χ1) is 12.0. The summed E-state index contributed by atoms with van der Waals surface area (Å²) in [5, 5.41) is 0. The molecular weight excluding hydrogens is 388 g/mol. The number of Topliss-reactive ketones (excluding diaryl/α,β-unsaturated/α-hetero) is 1. The third-order valence-electron chi connectivity index (χ3n) is 3.85. The summed E-state index contributed by atoms with van der Waals surface area (Å²) < 4.78 is 72.7. The highest BCUT2D eigenvalue weighted by atomic mass is 32.3. The fourth-order valence-corrected chi connectivity index (χ4v) is 5.04. The standard InChI is InChI=1S/C15H16O9S2/c1-23-12-6-3-10(4-7-12)14(16)11-5-8-13(24-2)15(9-11,25(17,18)19)26(20,21)22/h3-4,6-9H,5H2,1-2H3,(H,17,18,19)(H,20,21,22). The minimum atomic E-state index is -5.45. The molecule has 1 aliphatic carbocycles. The van der Waals surface area contributed by atoms with Crippen molar-refractivity contribution in [1.82, 2.24) is 0 Å². The van der Waals surface area contributed by atoms with Crippen LogP contribution in [0.25, 0.3) is 0 Å². The van der Waals surface area contributed by atoms with Gasteiger partial charge >= 0.3 is 0 Å². The maximum atomic E-state index is 12.6. The fourth-order valence-electron chi connectivity index (χ4n) is 2.55. The Bertz CT molecular complexity index is 952. The van der Waals surface area contributed by atoms with Crippen molar-refractivity contribution in [3.63, 3.8) is 0 Å². The van der Waals surface area contributed by atoms with Crippen LogP contribution in [0.15, 0.2) is 47.7 Å². The lowest BCUT2D eigenvalue weighted by Crippen LogP contribution is -2.48. The Balaban J connectivity index is 2.64. The van der Waals surface area contributed by atoms with E-state index in [2.05, 4.69) is 0 Å². The maximum absolute atomic E-state index is 12.6. The molecule has 9 nitrogen and oxygen atoms in total. The lowest BCUT2D eigenvalue weighted by molar-refractivity contribution is 0.103. The minimum absolute atomic E-state index is 0.130. The zero-order valence-corrected chi connectivity index (χ0v) is 15.4. The van der Waals surface area contributed by atoms with Gasteiger partial charge in [-0.25, -0.2) is 0 Å². The van der Waals surface area contributed by atoms with Crippen LogP contribution in [0.5, 0.6) is 5.75 Å². The summed E-state index contributed by atoms with van der Waals surface area (Å²) in [5.41, 5.74) is -0.128. The monoisotopic (exact) mass is 404 g/mol. The second-order valence-electron chi connectivity index (χ2n) is 5.32. The molecule has 0 saturated carbocycles. The average Bonchev–Trinajstić information content (AvgIpc) is 2.58. The van der Waals surface area contributed by atoms with Crippen LogP contribution in [-0.2, 0) is 25.0 Å². The lowest BCUT2D eigenvalue weighted by Gasteiger charge is -2.29. The SMILES string of the molecule is COC1=CCC(C(=O)c2ccc(OC)cc2)=CC1(S(=O)(=O)O)S(=O)(=O)O. The third-order valence-corrected chi connectivity index (χ3v) is 7.28. The summed E-state index contributed by atoms with van der Waals surface area (Å²) in [7, 11) is -8.48. The van der Waals surface area contributed by atoms with E-state index in [1.165, 1.54) is 31.4 Å². The van der Waals surface area contributed by atoms with Gasteiger partial charge in [0.15, 0.2) is 5.78 Å². The van der Waals surface area contributed by atoms with Gasteiger partial charge in [0.2, 0.25) is 0 Å². The molecule has 0 heterocycles. The van der Waals surface area contributed by atoms with Crippen LogP contribution in [0.4, 0.5) is 0 Å². The minimum Gasteiger partial charge on any atom is -0.498 e. The van der Waals surface area contributed by atoms with Crippen molar-refractivity contribution >= 4 is 26.0 Å². The molecule has 0 amide bonds. The first kappa shape index (κ1) is 20.1. The van der Waals surface area contributed by atoms with E-state index in [0.29, 0.717) is 11.8 Å². The van der Waals surface area contributed by atoms with Crippen LogP contribution in [-0.4, -0.2) is 50.0 Å². The molecule has 1 aromatic carbocycles. The number of rotatable bonds is 6. The molecule has 0 bridgehead atoms. The number of carbonyl (C=O) groups is 1. The number of ketones is 1. The first-order valence-electron chi connectivity index (χ1n) is 7.07. The van der Waals surface area contributed by atoms with Gasteiger partial charge in [-0.05, 0) is 42.8 Å². The zero-order chi connectivity index (χ0) is 19.8. The van der Waals surface area contributed by atoms with Crippen molar-refractivity contribution in [2.45, 2.75) is 10.5 Å². The van der Waals surface area contributed by atoms with E-state index < -0.39 is 35.9 Å². The van der Waals surface area contributed by atoms with E-state index in [-0.39, 0.29) is 17.6 Å². The van der Waals surface area contributed by atoms with E-state index in [1.54, 1.807) is 0 Å². The second kappa shape index (κ2) is 6.83. The average molecular weight is 404 g/mol. The van der Waals surface area contributed by atoms with Crippen molar-refractivity contribution in [3.05, 3.63) is 53.3 Å². The van der Waals surface area contributed by atoms with Crippen molar-refractivity contribution in [2.24, 2.45) is 0 Å². The molecular formula is C15H16O9S2. The van der Waals surface area contributed by atoms with Crippen molar-refractivity contribution in [2.75, 3.05) is 14.2 Å². The number of hydrogen-bond acceptors (Lipinski definition) is 7. The van der Waals surface area contributed by atoms with Gasteiger partial charge in [-0.3, -0.25) is 13.9 Å². The van der Waals surface area contributed by atoms with Gasteiger partial charge in [-0.1, -0.05) is 0 Å². The van der Waals surface area contributed by atoms with Gasteiger partial charge in [0, 0.05) is 11.1 Å². The number of methoxy groups -OCH3 is 2. The molecule has 0 fully saturated rings. The van der Waals surface area contributed by atoms with Crippen molar-refractivity contribution in [3.8, 4) is 5.75 Å². The third kappa shape index (κ3) is 3.26. The Morgan fingerprint density at radius 3 is 1.96 bits per heavy atom. The molecule has 0 spiro atoms. The normalized spacial score (nSPS) is 17.1. The number of hydrogen-bond donors (Lipinski definition) is 2. The van der Waals surface area contributed by atoms with E-state index in [4.69, 9.17) is 9.47 Å². The summed E-state index contributed by atoms with van der Waals surface area (Å²) in [5.74, 6) is -0.935. The summed E-state index contributed by atoms with van der Waals surface area (Å²) in [6, 6.07) is 5.79. The molecule has 26 heavy (non-hydrogen) atoms. The Hall–Kier alpha value is -2.21. The van der Waals surface area contributed by atoms with Gasteiger partial charge in [0.05, 0.1) is 14.2 Å². The number of benzene rings is 1. The number of allylic oxidation sites excluding steroid dienone is 2. The van der Waals surface area contributed by atoms with Gasteiger partial charge in [0.25, 0.3) is 24.3 Å². The number of carbonyl (C=O) groups excluding carboxylic acids is 1. The Kier molecular flexibility index (Phi) is 5.29. The molecule has 2 rings (SSSR count). The van der Waals surface area contributed by atoms with E-state index in [1.807, 2.05) is 0 Å². The van der Waals surface area contributed by atoms with Crippen LogP contribution in [0.3, 0.4) is 0 Å². The smallest absolute Gasteiger partial charge is 0.299 e. The van der Waals surface area contributed by atoms with E-state index in [0.717, 1.165) is 13.2 Å². The second-order valence-corrected chi connectivity index (χ2v) is 8.77. The van der Waals surface area contributed by atoms with E-state index in [9.17, 15) is 30.7 Å². The number of ether oxygens (including phenoxy) is 2. The van der Waals surface area contributed by atoms with E-state index >= 15 is 0 Å². The van der Waals surface area contributed by atoms with Gasteiger partial charge in [-0.15, -0.1) is 0 Å². The molecule has 2 N–H and O–H groups in total. The molecule has 1 aromatic rings. The van der Waals surface area contributed by atoms with Crippen LogP contribution >= 0.6 is 0 Å². The highest BCUT2D eigenvalue weighted by molar-refractivity contribution is 8.05. The summed E-state index contributed by atoms with van der Waals surface area (Å²) >= 11 is 0. The lowest BCUT2D eigenvalue weighted by atomic mass is 9.95. The van der Waals surface area contributed by atoms with Crippen LogP contribution < -0.4 is 4.74 Å². The van der Waals surface area contributed by atoms with Crippen LogP contribution in [0.1, 0.15) is 16.8 Å². The molecule has 142 valence electrons. The van der Waals surface area contributed by atoms with Crippen molar-refractivity contribution < 1.29 is 40.2 Å². The summed E-state index contributed by atoms with van der Waals surface area (Å²) in [4.78, 5) is 12.6. The predicted octanol–water partition coefficient (Wildman–Crippen LogP) is 1.21. The molecule has 0 saturated heterocycles. The quantitative estimate of drug-likeness (QED) is 0.528. The molecule has 0 radical (unpaired) electrons. The van der Waals surface area contributed by atoms with Gasteiger partial charge in [-0.2, -0.15) is 16.8 Å². The van der Waals surface area contributed by atoms with Crippen molar-refractivity contribution in [1.29, 1.82) is 0 Å². The zero-order valence-electron chi connectivity index (χ0n) is 13.7. The summed E-state index contributed by atoms with van der Waals surface area (Å²) in [6.45, 7) is 0. The molecule has 11 heteroatoms. The topological polar surface area (TPSA) is 144 Å².